The topological polar surface area (TPSA) is 46.2 Å². The molecule has 3 nitrogen and oxygen atoms in total. The molecule has 0 saturated carbocycles. The molecule has 0 radical (unpaired) electrons. The van der Waals surface area contributed by atoms with Gasteiger partial charge >= 0.3 is 0 Å². The second-order valence-corrected chi connectivity index (χ2v) is 7.20. The fourth-order valence-corrected chi connectivity index (χ4v) is 3.65. The van der Waals surface area contributed by atoms with Gasteiger partial charge in [0.15, 0.2) is 0 Å². The van der Waals surface area contributed by atoms with Crippen LogP contribution >= 0.6 is 0 Å². The lowest BCUT2D eigenvalue weighted by Crippen LogP contribution is -2.28. The highest BCUT2D eigenvalue weighted by Crippen LogP contribution is 2.21. The Hall–Kier alpha value is -1.65. The van der Waals surface area contributed by atoms with Crippen LogP contribution in [-0.2, 0) is 16.4 Å². The Bertz CT molecular complexity index is 704. The minimum Gasteiger partial charge on any atom is -0.207 e. The van der Waals surface area contributed by atoms with Crippen LogP contribution in [0.1, 0.15) is 43.0 Å². The molecule has 1 N–H and O–H groups in total. The van der Waals surface area contributed by atoms with Gasteiger partial charge in [-0.1, -0.05) is 55.8 Å². The molecule has 0 saturated heterocycles. The van der Waals surface area contributed by atoms with E-state index in [4.69, 9.17) is 0 Å². The average molecular weight is 317 g/mol. The molecule has 0 bridgehead atoms. The molecule has 0 aliphatic heterocycles. The van der Waals surface area contributed by atoms with Crippen LogP contribution in [0.15, 0.2) is 53.4 Å². The molecule has 2 rings (SSSR count). The number of hydrogen-bond acceptors (Lipinski definition) is 2. The predicted octanol–water partition coefficient (Wildman–Crippen LogP) is 3.99. The Balaban J connectivity index is 2.23. The number of benzene rings is 2. The van der Waals surface area contributed by atoms with Gasteiger partial charge in [-0.2, -0.15) is 0 Å². The third-order valence-electron chi connectivity index (χ3n) is 3.83. The van der Waals surface area contributed by atoms with Crippen molar-refractivity contribution in [3.8, 4) is 0 Å². The number of aryl methyl sites for hydroxylation is 2. The molecule has 118 valence electrons. The van der Waals surface area contributed by atoms with Gasteiger partial charge in [0.25, 0.3) is 0 Å². The molecular weight excluding hydrogens is 294 g/mol. The lowest BCUT2D eigenvalue weighted by Gasteiger charge is -2.18. The van der Waals surface area contributed by atoms with E-state index in [1.807, 2.05) is 57.2 Å². The van der Waals surface area contributed by atoms with E-state index in [1.54, 1.807) is 12.1 Å². The molecule has 0 fully saturated rings. The second-order valence-electron chi connectivity index (χ2n) is 5.49. The van der Waals surface area contributed by atoms with Gasteiger partial charge < -0.3 is 0 Å². The fraction of sp³-hybridized carbons (Fsp3) is 0.333. The smallest absolute Gasteiger partial charge is 0.207 e. The molecule has 1 atom stereocenters. The van der Waals surface area contributed by atoms with Crippen molar-refractivity contribution in [2.24, 2.45) is 0 Å². The van der Waals surface area contributed by atoms with Crippen LogP contribution in [0, 0.1) is 6.92 Å². The molecule has 0 aromatic heterocycles. The van der Waals surface area contributed by atoms with Crippen molar-refractivity contribution in [1.29, 1.82) is 0 Å². The van der Waals surface area contributed by atoms with E-state index in [9.17, 15) is 8.42 Å². The van der Waals surface area contributed by atoms with Crippen molar-refractivity contribution >= 4 is 10.0 Å². The highest BCUT2D eigenvalue weighted by atomic mass is 32.2. The lowest BCUT2D eigenvalue weighted by atomic mass is 10.0. The first-order valence-corrected chi connectivity index (χ1v) is 9.12. The van der Waals surface area contributed by atoms with Crippen LogP contribution in [0.3, 0.4) is 0 Å². The van der Waals surface area contributed by atoms with Gasteiger partial charge in [-0.15, -0.1) is 0 Å². The number of rotatable bonds is 6. The molecule has 4 heteroatoms. The Morgan fingerprint density at radius 1 is 0.955 bits per heavy atom. The van der Waals surface area contributed by atoms with Gasteiger partial charge in [-0.25, -0.2) is 13.1 Å². The Labute approximate surface area is 133 Å². The SMILES string of the molecule is CCc1ccc(S(=O)(=O)NC(CC)c2ccc(C)cc2)cc1. The van der Waals surface area contributed by atoms with Crippen molar-refractivity contribution in [3.05, 3.63) is 65.2 Å². The normalized spacial score (nSPS) is 13.0. The summed E-state index contributed by atoms with van der Waals surface area (Å²) in [6, 6.07) is 14.8. The van der Waals surface area contributed by atoms with Crippen molar-refractivity contribution in [3.63, 3.8) is 0 Å². The first-order valence-electron chi connectivity index (χ1n) is 7.64. The van der Waals surface area contributed by atoms with Crippen LogP contribution < -0.4 is 4.72 Å². The summed E-state index contributed by atoms with van der Waals surface area (Å²) >= 11 is 0. The highest BCUT2D eigenvalue weighted by Gasteiger charge is 2.20. The minimum absolute atomic E-state index is 0.212. The van der Waals surface area contributed by atoms with Gasteiger partial charge in [0, 0.05) is 6.04 Å². The minimum atomic E-state index is -3.50. The van der Waals surface area contributed by atoms with Crippen LogP contribution in [0.2, 0.25) is 0 Å². The highest BCUT2D eigenvalue weighted by molar-refractivity contribution is 7.89. The monoisotopic (exact) mass is 317 g/mol. The summed E-state index contributed by atoms with van der Waals surface area (Å²) < 4.78 is 27.9. The molecule has 1 unspecified atom stereocenters. The first kappa shape index (κ1) is 16.7. The Morgan fingerprint density at radius 3 is 2.05 bits per heavy atom. The van der Waals surface area contributed by atoms with E-state index in [1.165, 1.54) is 0 Å². The maximum Gasteiger partial charge on any atom is 0.241 e. The zero-order valence-corrected chi connectivity index (χ0v) is 14.2. The largest absolute Gasteiger partial charge is 0.241 e. The predicted molar refractivity (Wildman–Crippen MR) is 90.4 cm³/mol. The van der Waals surface area contributed by atoms with Gasteiger partial charge in [0.05, 0.1) is 4.90 Å². The maximum atomic E-state index is 12.5. The van der Waals surface area contributed by atoms with Crippen LogP contribution in [0.5, 0.6) is 0 Å². The van der Waals surface area contributed by atoms with E-state index in [-0.39, 0.29) is 6.04 Å². The maximum absolute atomic E-state index is 12.5. The first-order chi connectivity index (χ1) is 10.5. The van der Waals surface area contributed by atoms with Crippen LogP contribution in [0.4, 0.5) is 0 Å². The lowest BCUT2D eigenvalue weighted by molar-refractivity contribution is 0.550. The van der Waals surface area contributed by atoms with Crippen molar-refractivity contribution < 1.29 is 8.42 Å². The van der Waals surface area contributed by atoms with Crippen LogP contribution in [-0.4, -0.2) is 8.42 Å². The number of sulfonamides is 1. The Morgan fingerprint density at radius 2 is 1.55 bits per heavy atom. The summed E-state index contributed by atoms with van der Waals surface area (Å²) in [5, 5.41) is 0. The standard InChI is InChI=1S/C18H23NO2S/c1-4-15-8-12-17(13-9-15)22(20,21)19-18(5-2)16-10-6-14(3)7-11-16/h6-13,18-19H,4-5H2,1-3H3. The van der Waals surface area contributed by atoms with Crippen LogP contribution in [0.25, 0.3) is 0 Å². The van der Waals surface area contributed by atoms with Crippen molar-refractivity contribution in [2.45, 2.75) is 44.6 Å². The van der Waals surface area contributed by atoms with E-state index < -0.39 is 10.0 Å². The van der Waals surface area contributed by atoms with Gasteiger partial charge in [-0.3, -0.25) is 0 Å². The van der Waals surface area contributed by atoms with E-state index in [2.05, 4.69) is 4.72 Å². The summed E-state index contributed by atoms with van der Waals surface area (Å²) in [5.74, 6) is 0. The summed E-state index contributed by atoms with van der Waals surface area (Å²) in [4.78, 5) is 0.315. The van der Waals surface area contributed by atoms with Gasteiger partial charge in [-0.05, 0) is 43.0 Å². The third-order valence-corrected chi connectivity index (χ3v) is 5.31. The van der Waals surface area contributed by atoms with Gasteiger partial charge in [0.2, 0.25) is 10.0 Å². The zero-order chi connectivity index (χ0) is 16.2. The zero-order valence-electron chi connectivity index (χ0n) is 13.3. The van der Waals surface area contributed by atoms with Crippen molar-refractivity contribution in [2.75, 3.05) is 0 Å². The number of nitrogens with one attached hydrogen (secondary N) is 1. The van der Waals surface area contributed by atoms with E-state index >= 15 is 0 Å². The van der Waals surface area contributed by atoms with E-state index in [0.717, 1.165) is 23.1 Å². The molecule has 0 spiro atoms. The third kappa shape index (κ3) is 3.96. The summed E-state index contributed by atoms with van der Waals surface area (Å²) in [6.07, 6.45) is 1.60. The van der Waals surface area contributed by atoms with Crippen molar-refractivity contribution in [1.82, 2.24) is 4.72 Å². The van der Waals surface area contributed by atoms with E-state index in [0.29, 0.717) is 11.3 Å². The molecule has 22 heavy (non-hydrogen) atoms. The molecular formula is C18H23NO2S. The number of hydrogen-bond donors (Lipinski definition) is 1. The second kappa shape index (κ2) is 7.07. The quantitative estimate of drug-likeness (QED) is 0.875. The average Bonchev–Trinajstić information content (AvgIpc) is 2.53. The summed E-state index contributed by atoms with van der Waals surface area (Å²) in [7, 11) is -3.50. The fourth-order valence-electron chi connectivity index (χ4n) is 2.35. The Kier molecular flexibility index (Phi) is 5.37. The molecule has 2 aromatic rings. The molecule has 0 heterocycles. The summed E-state index contributed by atoms with van der Waals surface area (Å²) in [6.45, 7) is 6.05. The van der Waals surface area contributed by atoms with Gasteiger partial charge in [0.1, 0.15) is 0 Å². The molecule has 0 amide bonds. The summed E-state index contributed by atoms with van der Waals surface area (Å²) in [5.41, 5.74) is 3.28. The molecule has 2 aromatic carbocycles. The molecule has 0 aliphatic rings. The molecule has 0 aliphatic carbocycles.